The third kappa shape index (κ3) is 13.0. The molecule has 3 aromatic carbocycles. The van der Waals surface area contributed by atoms with E-state index >= 15 is 0 Å². The van der Waals surface area contributed by atoms with Gasteiger partial charge in [-0.1, -0.05) is 106 Å². The van der Waals surface area contributed by atoms with Crippen LogP contribution in [0.15, 0.2) is 84.9 Å². The Kier molecular flexibility index (Phi) is 16.2. The largest absolute Gasteiger partial charge is 0.463 e. The molecule has 1 amide bonds. The summed E-state index contributed by atoms with van der Waals surface area (Å²) in [4.78, 5) is 30.5. The van der Waals surface area contributed by atoms with Crippen LogP contribution < -0.4 is 0 Å². The first kappa shape index (κ1) is 37.1. The summed E-state index contributed by atoms with van der Waals surface area (Å²) in [5.74, 6) is 0.853. The molecule has 1 heterocycles. The monoisotopic (exact) mass is 701 g/mol. The molecule has 0 aliphatic carbocycles. The Balaban J connectivity index is 1.00. The van der Waals surface area contributed by atoms with Crippen molar-refractivity contribution in [2.45, 2.75) is 12.1 Å². The molecule has 0 saturated carbocycles. The number of halogens is 1. The van der Waals surface area contributed by atoms with Gasteiger partial charge in [0, 0.05) is 56.3 Å². The van der Waals surface area contributed by atoms with Crippen molar-refractivity contribution >= 4 is 45.3 Å². The van der Waals surface area contributed by atoms with E-state index in [4.69, 9.17) is 25.8 Å². The van der Waals surface area contributed by atoms with E-state index < -0.39 is 12.2 Å². The fraction of sp³-hybridized carbons (Fsp3) is 0.429. The Morgan fingerprint density at radius 1 is 0.809 bits per heavy atom. The van der Waals surface area contributed by atoms with Gasteiger partial charge in [-0.3, -0.25) is 9.80 Å². The second-order valence-corrected chi connectivity index (χ2v) is 14.2. The SMILES string of the molecule is CN(C[C@@H](O)c1ccccc1)C(=O)OCCSSCCOC(=O)COCCN1CCN(C(c2ccccc2)c2ccc(Cl)cc2)CC1. The van der Waals surface area contributed by atoms with E-state index in [1.807, 2.05) is 48.5 Å². The van der Waals surface area contributed by atoms with Crippen molar-refractivity contribution in [2.24, 2.45) is 0 Å². The van der Waals surface area contributed by atoms with Crippen LogP contribution in [0.4, 0.5) is 4.79 Å². The van der Waals surface area contributed by atoms with Gasteiger partial charge in [-0.15, -0.1) is 0 Å². The molecule has 1 unspecified atom stereocenters. The Morgan fingerprint density at radius 2 is 1.38 bits per heavy atom. The number of likely N-dealkylation sites (N-methyl/N-ethyl adjacent to an activating group) is 1. The highest BCUT2D eigenvalue weighted by Crippen LogP contribution is 2.30. The van der Waals surface area contributed by atoms with E-state index in [9.17, 15) is 14.7 Å². The van der Waals surface area contributed by atoms with Gasteiger partial charge in [0.25, 0.3) is 0 Å². The summed E-state index contributed by atoms with van der Waals surface area (Å²) in [6.07, 6.45) is -1.25. The highest BCUT2D eigenvalue weighted by Gasteiger charge is 2.26. The van der Waals surface area contributed by atoms with Crippen molar-refractivity contribution in [1.29, 1.82) is 0 Å². The number of hydrogen-bond acceptors (Lipinski definition) is 10. The fourth-order valence-electron chi connectivity index (χ4n) is 5.23. The first-order chi connectivity index (χ1) is 22.9. The van der Waals surface area contributed by atoms with Crippen LogP contribution in [0.3, 0.4) is 0 Å². The first-order valence-corrected chi connectivity index (χ1v) is 18.6. The van der Waals surface area contributed by atoms with Crippen LogP contribution in [0.1, 0.15) is 28.8 Å². The summed E-state index contributed by atoms with van der Waals surface area (Å²) in [5, 5.41) is 11.0. The number of amides is 1. The lowest BCUT2D eigenvalue weighted by molar-refractivity contribution is -0.148. The lowest BCUT2D eigenvalue weighted by Crippen LogP contribution is -2.48. The summed E-state index contributed by atoms with van der Waals surface area (Å²) < 4.78 is 16.1. The molecule has 1 aliphatic heterocycles. The second-order valence-electron chi connectivity index (χ2n) is 11.1. The van der Waals surface area contributed by atoms with Crippen molar-refractivity contribution in [1.82, 2.24) is 14.7 Å². The molecule has 47 heavy (non-hydrogen) atoms. The molecule has 254 valence electrons. The predicted molar refractivity (Wildman–Crippen MR) is 190 cm³/mol. The summed E-state index contributed by atoms with van der Waals surface area (Å²) >= 11 is 6.16. The zero-order valence-electron chi connectivity index (χ0n) is 26.7. The molecule has 9 nitrogen and oxygen atoms in total. The van der Waals surface area contributed by atoms with Gasteiger partial charge in [0.1, 0.15) is 19.8 Å². The zero-order valence-corrected chi connectivity index (χ0v) is 29.1. The fourth-order valence-corrected chi connectivity index (χ4v) is 7.01. The summed E-state index contributed by atoms with van der Waals surface area (Å²) in [7, 11) is 4.69. The number of nitrogens with zero attached hydrogens (tertiary/aromatic N) is 3. The van der Waals surface area contributed by atoms with E-state index in [1.165, 1.54) is 16.0 Å². The number of piperazine rings is 1. The molecule has 12 heteroatoms. The average molecular weight is 702 g/mol. The van der Waals surface area contributed by atoms with Crippen molar-refractivity contribution in [2.75, 3.05) is 84.2 Å². The number of aliphatic hydroxyl groups excluding tert-OH is 1. The highest BCUT2D eigenvalue weighted by atomic mass is 35.5. The van der Waals surface area contributed by atoms with Gasteiger partial charge in [0.15, 0.2) is 0 Å². The molecule has 0 aromatic heterocycles. The number of rotatable bonds is 18. The van der Waals surface area contributed by atoms with Crippen molar-refractivity contribution < 1.29 is 28.9 Å². The van der Waals surface area contributed by atoms with Crippen LogP contribution in [0, 0.1) is 0 Å². The van der Waals surface area contributed by atoms with E-state index in [1.54, 1.807) is 28.6 Å². The topological polar surface area (TPSA) is 91.8 Å². The molecule has 1 saturated heterocycles. The molecule has 0 radical (unpaired) electrons. The summed E-state index contributed by atoms with van der Waals surface area (Å²) in [5.41, 5.74) is 3.25. The zero-order chi connectivity index (χ0) is 33.3. The number of ether oxygens (including phenoxy) is 3. The minimum atomic E-state index is -0.770. The Bertz CT molecular complexity index is 1330. The maximum absolute atomic E-state index is 12.2. The van der Waals surface area contributed by atoms with Crippen LogP contribution in [-0.4, -0.2) is 116 Å². The van der Waals surface area contributed by atoms with E-state index in [-0.39, 0.29) is 38.4 Å². The number of carbonyl (C=O) groups excluding carboxylic acids is 2. The number of aliphatic hydroxyl groups is 1. The van der Waals surface area contributed by atoms with Gasteiger partial charge >= 0.3 is 12.1 Å². The minimum Gasteiger partial charge on any atom is -0.463 e. The van der Waals surface area contributed by atoms with Gasteiger partial charge < -0.3 is 24.2 Å². The number of carbonyl (C=O) groups is 2. The third-order valence-electron chi connectivity index (χ3n) is 7.69. The van der Waals surface area contributed by atoms with E-state index in [2.05, 4.69) is 46.2 Å². The maximum Gasteiger partial charge on any atom is 0.409 e. The molecule has 3 aromatic rings. The van der Waals surface area contributed by atoms with Gasteiger partial charge in [-0.25, -0.2) is 9.59 Å². The van der Waals surface area contributed by atoms with Gasteiger partial charge in [0.2, 0.25) is 0 Å². The number of esters is 1. The van der Waals surface area contributed by atoms with Crippen LogP contribution in [-0.2, 0) is 19.0 Å². The summed E-state index contributed by atoms with van der Waals surface area (Å²) in [6.45, 7) is 5.57. The van der Waals surface area contributed by atoms with Gasteiger partial charge in [-0.2, -0.15) is 0 Å². The van der Waals surface area contributed by atoms with Crippen LogP contribution in [0.2, 0.25) is 5.02 Å². The van der Waals surface area contributed by atoms with Gasteiger partial charge in [0.05, 0.1) is 25.3 Å². The van der Waals surface area contributed by atoms with E-state index in [0.717, 1.165) is 43.3 Å². The lowest BCUT2D eigenvalue weighted by atomic mass is 9.96. The predicted octanol–water partition coefficient (Wildman–Crippen LogP) is 5.79. The standard InChI is InChI=1S/C35H44ClN3O6S2/c1-37(26-32(40)28-8-4-2-5-9-28)35(42)45-23-25-47-46-24-22-44-33(41)27-43-21-20-38-16-18-39(19-17-38)34(29-10-6-3-7-11-29)30-12-14-31(36)15-13-30/h2-15,32,34,40H,16-27H2,1H3/t32-,34?/m1/s1. The Hall–Kier alpha value is -2.77. The Morgan fingerprint density at radius 3 is 2.02 bits per heavy atom. The van der Waals surface area contributed by atoms with Crippen LogP contribution in [0.5, 0.6) is 0 Å². The summed E-state index contributed by atoms with van der Waals surface area (Å²) in [6, 6.07) is 28.1. The molecule has 1 aliphatic rings. The molecule has 1 N–H and O–H groups in total. The minimum absolute atomic E-state index is 0.0626. The van der Waals surface area contributed by atoms with Crippen molar-refractivity contribution in [3.63, 3.8) is 0 Å². The molecule has 2 atom stereocenters. The van der Waals surface area contributed by atoms with Crippen molar-refractivity contribution in [3.05, 3.63) is 107 Å². The quantitative estimate of drug-likeness (QED) is 0.0999. The smallest absolute Gasteiger partial charge is 0.409 e. The molecule has 0 spiro atoms. The Labute approximate surface area is 290 Å². The number of benzene rings is 3. The average Bonchev–Trinajstić information content (AvgIpc) is 3.10. The van der Waals surface area contributed by atoms with Gasteiger partial charge in [-0.05, 0) is 28.8 Å². The second kappa shape index (κ2) is 20.6. The van der Waals surface area contributed by atoms with Crippen LogP contribution >= 0.6 is 33.2 Å². The molecule has 0 bridgehead atoms. The lowest BCUT2D eigenvalue weighted by Gasteiger charge is -2.39. The molecular weight excluding hydrogens is 658 g/mol. The molecular formula is C35H44ClN3O6S2. The normalized spacial score (nSPS) is 15.1. The third-order valence-corrected chi connectivity index (χ3v) is 10.3. The number of hydrogen-bond donors (Lipinski definition) is 1. The molecule has 1 fully saturated rings. The van der Waals surface area contributed by atoms with Crippen molar-refractivity contribution in [3.8, 4) is 0 Å². The maximum atomic E-state index is 12.2. The van der Waals surface area contributed by atoms with Crippen LogP contribution in [0.25, 0.3) is 0 Å². The molecule has 4 rings (SSSR count). The van der Waals surface area contributed by atoms with E-state index in [0.29, 0.717) is 18.1 Å². The highest BCUT2D eigenvalue weighted by molar-refractivity contribution is 8.76. The first-order valence-electron chi connectivity index (χ1n) is 15.8.